The first-order valence-electron chi connectivity index (χ1n) is 11.2. The summed E-state index contributed by atoms with van der Waals surface area (Å²) >= 11 is 0. The molecule has 32 heavy (non-hydrogen) atoms. The minimum atomic E-state index is -3.54. The van der Waals surface area contributed by atoms with Crippen molar-refractivity contribution in [1.82, 2.24) is 9.62 Å². The molecule has 7 nitrogen and oxygen atoms in total. The largest absolute Gasteiger partial charge is 0.376 e. The molecule has 0 unspecified atom stereocenters. The van der Waals surface area contributed by atoms with Gasteiger partial charge in [-0.2, -0.15) is 4.31 Å². The normalized spacial score (nSPS) is 14.7. The molecule has 0 spiro atoms. The Morgan fingerprint density at radius 2 is 1.78 bits per heavy atom. The number of nitrogens with zero attached hydrogens (tertiary/aromatic N) is 2. The minimum Gasteiger partial charge on any atom is -0.376 e. The zero-order valence-corrected chi connectivity index (χ0v) is 20.0. The summed E-state index contributed by atoms with van der Waals surface area (Å²) in [6, 6.07) is 13.2. The van der Waals surface area contributed by atoms with Crippen LogP contribution in [0.4, 0.5) is 11.4 Å². The molecule has 1 fully saturated rings. The van der Waals surface area contributed by atoms with E-state index >= 15 is 0 Å². The van der Waals surface area contributed by atoms with E-state index in [0.29, 0.717) is 25.3 Å². The summed E-state index contributed by atoms with van der Waals surface area (Å²) in [4.78, 5) is 14.5. The third kappa shape index (κ3) is 6.01. The summed E-state index contributed by atoms with van der Waals surface area (Å²) in [5.74, 6) is -0.132. The number of nitrogens with one attached hydrogen (secondary N) is 2. The fourth-order valence-electron chi connectivity index (χ4n) is 3.93. The molecule has 2 aromatic carbocycles. The molecule has 1 saturated heterocycles. The Kier molecular flexibility index (Phi) is 8.15. The number of aryl methyl sites for hydroxylation is 1. The first-order valence-corrected chi connectivity index (χ1v) is 12.6. The van der Waals surface area contributed by atoms with Gasteiger partial charge in [-0.05, 0) is 55.5 Å². The molecule has 174 valence electrons. The lowest BCUT2D eigenvalue weighted by Gasteiger charge is -2.27. The van der Waals surface area contributed by atoms with Crippen molar-refractivity contribution in [3.05, 3.63) is 53.6 Å². The smallest absolute Gasteiger partial charge is 0.243 e. The van der Waals surface area contributed by atoms with Crippen LogP contribution in [0.25, 0.3) is 0 Å². The highest BCUT2D eigenvalue weighted by atomic mass is 32.2. The Bertz CT molecular complexity index is 1030. The van der Waals surface area contributed by atoms with E-state index in [0.717, 1.165) is 31.4 Å². The molecule has 1 heterocycles. The number of rotatable bonds is 9. The minimum absolute atomic E-state index is 0.0713. The third-order valence-electron chi connectivity index (χ3n) is 5.82. The summed E-state index contributed by atoms with van der Waals surface area (Å²) in [5.41, 5.74) is 3.88. The molecule has 1 aliphatic heterocycles. The maximum absolute atomic E-state index is 13.1. The molecule has 2 N–H and O–H groups in total. The second kappa shape index (κ2) is 10.8. The lowest BCUT2D eigenvalue weighted by Crippen LogP contribution is -2.35. The number of carbonyl (C=O) groups is 1. The van der Waals surface area contributed by atoms with Crippen molar-refractivity contribution in [3.8, 4) is 0 Å². The van der Waals surface area contributed by atoms with Crippen molar-refractivity contribution in [1.29, 1.82) is 0 Å². The van der Waals surface area contributed by atoms with E-state index in [1.165, 1.54) is 11.1 Å². The monoisotopic (exact) mass is 458 g/mol. The van der Waals surface area contributed by atoms with Crippen LogP contribution < -0.4 is 15.5 Å². The summed E-state index contributed by atoms with van der Waals surface area (Å²) < 4.78 is 27.7. The second-order valence-electron chi connectivity index (χ2n) is 8.42. The van der Waals surface area contributed by atoms with Gasteiger partial charge >= 0.3 is 0 Å². The van der Waals surface area contributed by atoms with Crippen LogP contribution in [0.3, 0.4) is 0 Å². The van der Waals surface area contributed by atoms with E-state index in [4.69, 9.17) is 0 Å². The molecule has 0 bridgehead atoms. The summed E-state index contributed by atoms with van der Waals surface area (Å²) in [6.07, 6.45) is 3.62. The molecular weight excluding hydrogens is 424 g/mol. The lowest BCUT2D eigenvalue weighted by molar-refractivity contribution is -0.119. The summed E-state index contributed by atoms with van der Waals surface area (Å²) in [6.45, 7) is 3.80. The average Bonchev–Trinajstić information content (AvgIpc) is 2.79. The molecule has 0 aliphatic carbocycles. The number of benzene rings is 2. The Labute approximate surface area is 191 Å². The van der Waals surface area contributed by atoms with Crippen molar-refractivity contribution in [3.63, 3.8) is 0 Å². The maximum Gasteiger partial charge on any atom is 0.243 e. The van der Waals surface area contributed by atoms with Crippen molar-refractivity contribution < 1.29 is 13.2 Å². The fourth-order valence-corrected chi connectivity index (χ4v) is 5.47. The highest BCUT2D eigenvalue weighted by Gasteiger charge is 2.26. The Hall–Kier alpha value is -2.58. The molecule has 1 amide bonds. The molecule has 0 radical (unpaired) electrons. The van der Waals surface area contributed by atoms with Crippen molar-refractivity contribution in [2.24, 2.45) is 0 Å². The van der Waals surface area contributed by atoms with Gasteiger partial charge in [0.25, 0.3) is 0 Å². The van der Waals surface area contributed by atoms with Gasteiger partial charge in [-0.1, -0.05) is 30.7 Å². The van der Waals surface area contributed by atoms with Crippen LogP contribution in [0.15, 0.2) is 47.4 Å². The van der Waals surface area contributed by atoms with E-state index in [1.54, 1.807) is 22.5 Å². The van der Waals surface area contributed by atoms with Crippen LogP contribution in [0.1, 0.15) is 30.4 Å². The molecule has 1 aliphatic rings. The topological polar surface area (TPSA) is 81.8 Å². The average molecular weight is 459 g/mol. The second-order valence-corrected chi connectivity index (χ2v) is 10.4. The lowest BCUT2D eigenvalue weighted by atomic mass is 10.1. The number of hydrogen-bond acceptors (Lipinski definition) is 5. The van der Waals surface area contributed by atoms with Gasteiger partial charge in [0, 0.05) is 33.7 Å². The number of piperidine rings is 1. The van der Waals surface area contributed by atoms with Crippen molar-refractivity contribution in [2.45, 2.75) is 37.5 Å². The molecule has 0 aromatic heterocycles. The van der Waals surface area contributed by atoms with E-state index in [1.807, 2.05) is 31.1 Å². The fraction of sp³-hybridized carbons (Fsp3) is 0.458. The number of sulfonamides is 1. The van der Waals surface area contributed by atoms with Crippen LogP contribution in [0, 0.1) is 6.92 Å². The van der Waals surface area contributed by atoms with Gasteiger partial charge < -0.3 is 15.5 Å². The molecule has 3 rings (SSSR count). The molecule has 0 saturated carbocycles. The van der Waals surface area contributed by atoms with Crippen LogP contribution in [-0.2, 0) is 21.2 Å². The number of carbonyl (C=O) groups excluding carboxylic acids is 1. The molecule has 8 heteroatoms. The SMILES string of the molecule is Cc1ccccc1CCNC(=O)CNc1cc(S(=O)(=O)N2CCCCC2)ccc1N(C)C. The van der Waals surface area contributed by atoms with Crippen molar-refractivity contribution >= 4 is 27.3 Å². The number of anilines is 2. The Balaban J connectivity index is 1.64. The van der Waals surface area contributed by atoms with Gasteiger partial charge in [0.05, 0.1) is 22.8 Å². The summed E-state index contributed by atoms with van der Waals surface area (Å²) in [7, 11) is 0.241. The van der Waals surface area contributed by atoms with E-state index in [2.05, 4.69) is 29.7 Å². The predicted octanol–water partition coefficient (Wildman–Crippen LogP) is 3.01. The Morgan fingerprint density at radius 1 is 1.06 bits per heavy atom. The standard InChI is InChI=1S/C24H34N4O3S/c1-19-9-5-6-10-20(19)13-14-25-24(29)18-26-22-17-21(11-12-23(22)27(2)3)32(30,31)28-15-7-4-8-16-28/h5-6,9-12,17,26H,4,7-8,13-16,18H2,1-3H3,(H,25,29). The van der Waals surface area contributed by atoms with E-state index < -0.39 is 10.0 Å². The van der Waals surface area contributed by atoms with Crippen molar-refractivity contribution in [2.75, 3.05) is 50.5 Å². The third-order valence-corrected chi connectivity index (χ3v) is 7.71. The summed E-state index contributed by atoms with van der Waals surface area (Å²) in [5, 5.41) is 6.07. The van der Waals surface area contributed by atoms with E-state index in [-0.39, 0.29) is 17.3 Å². The number of amides is 1. The van der Waals surface area contributed by atoms with Gasteiger partial charge in [0.2, 0.25) is 15.9 Å². The highest BCUT2D eigenvalue weighted by Crippen LogP contribution is 2.29. The first-order chi connectivity index (χ1) is 15.3. The molecule has 2 aromatic rings. The van der Waals surface area contributed by atoms with Gasteiger partial charge in [-0.3, -0.25) is 4.79 Å². The van der Waals surface area contributed by atoms with Crippen LogP contribution in [0.5, 0.6) is 0 Å². The Morgan fingerprint density at radius 3 is 2.47 bits per heavy atom. The van der Waals surface area contributed by atoms with E-state index in [9.17, 15) is 13.2 Å². The van der Waals surface area contributed by atoms with Crippen LogP contribution in [0.2, 0.25) is 0 Å². The highest BCUT2D eigenvalue weighted by molar-refractivity contribution is 7.89. The maximum atomic E-state index is 13.1. The van der Waals surface area contributed by atoms with Crippen LogP contribution >= 0.6 is 0 Å². The quantitative estimate of drug-likeness (QED) is 0.604. The van der Waals surface area contributed by atoms with Gasteiger partial charge in [0.15, 0.2) is 0 Å². The van der Waals surface area contributed by atoms with Gasteiger partial charge in [-0.25, -0.2) is 8.42 Å². The van der Waals surface area contributed by atoms with Gasteiger partial charge in [0.1, 0.15) is 0 Å². The van der Waals surface area contributed by atoms with Gasteiger partial charge in [-0.15, -0.1) is 0 Å². The first kappa shape index (κ1) is 24.1. The van der Waals surface area contributed by atoms with Crippen LogP contribution in [-0.4, -0.2) is 58.9 Å². The molecule has 0 atom stereocenters. The molecular formula is C24H34N4O3S. The zero-order valence-electron chi connectivity index (χ0n) is 19.2. The predicted molar refractivity (Wildman–Crippen MR) is 130 cm³/mol. The zero-order chi connectivity index (χ0) is 23.1. The number of hydrogen-bond donors (Lipinski definition) is 2.